The molecule has 1 saturated heterocycles. The van der Waals surface area contributed by atoms with Crippen LogP contribution in [0.15, 0.2) is 36.5 Å². The Morgan fingerprint density at radius 1 is 1.17 bits per heavy atom. The van der Waals surface area contributed by atoms with E-state index >= 15 is 0 Å². The van der Waals surface area contributed by atoms with Crippen molar-refractivity contribution >= 4 is 17.3 Å². The SMILES string of the molecule is [NH-]c1cc2nc(N3CCCC3c3cc(F)ccc3F)ccn2n1.[Rb+]. The van der Waals surface area contributed by atoms with E-state index in [4.69, 9.17) is 5.73 Å². The van der Waals surface area contributed by atoms with Crippen LogP contribution in [-0.4, -0.2) is 21.1 Å². The summed E-state index contributed by atoms with van der Waals surface area (Å²) < 4.78 is 29.1. The van der Waals surface area contributed by atoms with Crippen LogP contribution in [0.3, 0.4) is 0 Å². The van der Waals surface area contributed by atoms with Crippen LogP contribution in [0.2, 0.25) is 0 Å². The maximum atomic E-state index is 14.1. The van der Waals surface area contributed by atoms with E-state index in [0.717, 1.165) is 25.5 Å². The van der Waals surface area contributed by atoms with Gasteiger partial charge in [0.15, 0.2) is 0 Å². The molecule has 3 heterocycles. The van der Waals surface area contributed by atoms with Crippen LogP contribution in [0.25, 0.3) is 11.4 Å². The Hall–Kier alpha value is -0.895. The zero-order chi connectivity index (χ0) is 16.0. The number of nitrogens with zero attached hydrogens (tertiary/aromatic N) is 4. The van der Waals surface area contributed by atoms with Crippen molar-refractivity contribution in [2.75, 3.05) is 11.4 Å². The molecule has 1 unspecified atom stereocenters. The normalized spacial score (nSPS) is 17.2. The van der Waals surface area contributed by atoms with Gasteiger partial charge in [-0.2, -0.15) is 0 Å². The molecule has 1 aliphatic rings. The van der Waals surface area contributed by atoms with Crippen LogP contribution in [-0.2, 0) is 0 Å². The van der Waals surface area contributed by atoms with Crippen LogP contribution in [0.4, 0.5) is 20.4 Å². The van der Waals surface area contributed by atoms with Crippen molar-refractivity contribution in [1.82, 2.24) is 14.6 Å². The molecule has 2 aromatic heterocycles. The van der Waals surface area contributed by atoms with Crippen LogP contribution in [0.5, 0.6) is 0 Å². The Morgan fingerprint density at radius 3 is 2.83 bits per heavy atom. The molecule has 24 heavy (non-hydrogen) atoms. The van der Waals surface area contributed by atoms with E-state index in [1.165, 1.54) is 16.6 Å². The van der Waals surface area contributed by atoms with Gasteiger partial charge in [0.1, 0.15) is 23.1 Å². The van der Waals surface area contributed by atoms with Crippen molar-refractivity contribution in [3.05, 3.63) is 59.5 Å². The maximum absolute atomic E-state index is 14.1. The van der Waals surface area contributed by atoms with Gasteiger partial charge in [0.05, 0.1) is 6.04 Å². The van der Waals surface area contributed by atoms with Gasteiger partial charge in [-0.15, -0.1) is 0 Å². The van der Waals surface area contributed by atoms with Crippen LogP contribution >= 0.6 is 0 Å². The van der Waals surface area contributed by atoms with Gasteiger partial charge in [-0.25, -0.2) is 13.8 Å². The van der Waals surface area contributed by atoms with E-state index in [2.05, 4.69) is 10.1 Å². The van der Waals surface area contributed by atoms with Gasteiger partial charge in [0.2, 0.25) is 0 Å². The first-order valence-electron chi connectivity index (χ1n) is 7.41. The summed E-state index contributed by atoms with van der Waals surface area (Å²) in [5.74, 6) is -0.0131. The predicted molar refractivity (Wildman–Crippen MR) is 82.6 cm³/mol. The fourth-order valence-electron chi connectivity index (χ4n) is 3.16. The molecular formula is C16H14F2N5Rb. The molecule has 4 rings (SSSR count). The first-order chi connectivity index (χ1) is 11.1. The van der Waals surface area contributed by atoms with Gasteiger partial charge in [-0.3, -0.25) is 0 Å². The number of rotatable bonds is 2. The quantitative estimate of drug-likeness (QED) is 0.647. The third kappa shape index (κ3) is 3.27. The minimum absolute atomic E-state index is 0. The van der Waals surface area contributed by atoms with Crippen molar-refractivity contribution in [2.45, 2.75) is 18.9 Å². The molecule has 0 saturated carbocycles. The van der Waals surface area contributed by atoms with E-state index in [1.54, 1.807) is 18.3 Å². The summed E-state index contributed by atoms with van der Waals surface area (Å²) in [7, 11) is 0. The molecule has 0 aliphatic carbocycles. The zero-order valence-corrected chi connectivity index (χ0v) is 18.1. The molecule has 1 atom stereocenters. The number of hydrogen-bond acceptors (Lipinski definition) is 3. The van der Waals surface area contributed by atoms with Crippen molar-refractivity contribution in [3.63, 3.8) is 0 Å². The third-order valence-electron chi connectivity index (χ3n) is 4.17. The summed E-state index contributed by atoms with van der Waals surface area (Å²) in [4.78, 5) is 6.48. The Balaban J connectivity index is 0.00000169. The van der Waals surface area contributed by atoms with Gasteiger partial charge in [0, 0.05) is 18.3 Å². The summed E-state index contributed by atoms with van der Waals surface area (Å²) in [6.45, 7) is 0.728. The average Bonchev–Trinajstić information content (AvgIpc) is 3.14. The molecule has 5 nitrogen and oxygen atoms in total. The summed E-state index contributed by atoms with van der Waals surface area (Å²) >= 11 is 0. The number of anilines is 1. The molecular weight excluding hydrogens is 386 g/mol. The molecule has 0 radical (unpaired) electrons. The van der Waals surface area contributed by atoms with Gasteiger partial charge in [0.25, 0.3) is 0 Å². The van der Waals surface area contributed by atoms with Gasteiger partial charge < -0.3 is 20.2 Å². The summed E-state index contributed by atoms with van der Waals surface area (Å²) in [5, 5.41) is 3.98. The third-order valence-corrected chi connectivity index (χ3v) is 4.17. The minimum Gasteiger partial charge on any atom is -0.481 e. The molecule has 1 fully saturated rings. The van der Waals surface area contributed by atoms with Crippen LogP contribution in [0.1, 0.15) is 24.4 Å². The molecule has 118 valence electrons. The van der Waals surface area contributed by atoms with Crippen molar-refractivity contribution in [1.29, 1.82) is 0 Å². The number of benzene rings is 1. The topological polar surface area (TPSA) is 57.2 Å². The molecule has 1 aliphatic heterocycles. The molecule has 1 N–H and O–H groups in total. The number of hydrogen-bond donors (Lipinski definition) is 0. The zero-order valence-electron chi connectivity index (χ0n) is 13.2. The average molecular weight is 400 g/mol. The Labute approximate surface area is 186 Å². The Bertz CT molecular complexity index is 882. The summed E-state index contributed by atoms with van der Waals surface area (Å²) in [5.41, 5.74) is 8.48. The smallest absolute Gasteiger partial charge is 0.481 e. The number of nitrogens with one attached hydrogen (secondary N) is 1. The second-order valence-electron chi connectivity index (χ2n) is 5.64. The van der Waals surface area contributed by atoms with E-state index in [0.29, 0.717) is 17.0 Å². The summed E-state index contributed by atoms with van der Waals surface area (Å²) in [6, 6.07) is 6.68. The first-order valence-corrected chi connectivity index (χ1v) is 7.41. The molecule has 3 aromatic rings. The van der Waals surface area contributed by atoms with E-state index in [9.17, 15) is 8.78 Å². The molecule has 8 heteroatoms. The Kier molecular flexibility index (Phi) is 5.34. The number of halogens is 2. The van der Waals surface area contributed by atoms with Crippen LogP contribution < -0.4 is 63.1 Å². The van der Waals surface area contributed by atoms with E-state index in [1.807, 2.05) is 4.90 Å². The van der Waals surface area contributed by atoms with E-state index in [-0.39, 0.29) is 70.0 Å². The van der Waals surface area contributed by atoms with Crippen LogP contribution in [0, 0.1) is 11.6 Å². The van der Waals surface area contributed by atoms with Gasteiger partial charge in [-0.1, -0.05) is 0 Å². The van der Waals surface area contributed by atoms with Gasteiger partial charge >= 0.3 is 58.2 Å². The summed E-state index contributed by atoms with van der Waals surface area (Å²) in [6.07, 6.45) is 3.36. The largest absolute Gasteiger partial charge is 1.00 e. The predicted octanol–water partition coefficient (Wildman–Crippen LogP) is 1.04. The molecule has 0 amide bonds. The minimum atomic E-state index is -0.439. The van der Waals surface area contributed by atoms with E-state index < -0.39 is 11.6 Å². The Morgan fingerprint density at radius 2 is 2.00 bits per heavy atom. The molecule has 1 aromatic carbocycles. The van der Waals surface area contributed by atoms with Crippen molar-refractivity contribution < 1.29 is 67.0 Å². The monoisotopic (exact) mass is 399 g/mol. The molecule has 0 spiro atoms. The second kappa shape index (κ2) is 7.15. The van der Waals surface area contributed by atoms with Gasteiger partial charge in [-0.05, 0) is 49.0 Å². The standard InChI is InChI=1S/C16H14F2N5.Rb/c17-10-3-4-12(18)11(8-10)13-2-1-6-22(13)15-5-7-23-16(20-15)9-14(19)21-23;/h3-5,7-9,13H,1-2,6H2,(H-,19,21);/q-1;+1. The first kappa shape index (κ1) is 17.9. The number of aromatic nitrogens is 3. The van der Waals surface area contributed by atoms with Crippen molar-refractivity contribution in [3.8, 4) is 0 Å². The van der Waals surface area contributed by atoms with Crippen molar-refractivity contribution in [2.24, 2.45) is 0 Å². The fourth-order valence-corrected chi connectivity index (χ4v) is 3.16. The fraction of sp³-hybridized carbons (Fsp3) is 0.250. The number of fused-ring (bicyclic) bond motifs is 1. The molecule has 0 bridgehead atoms. The maximum Gasteiger partial charge on any atom is 1.00 e. The second-order valence-corrected chi connectivity index (χ2v) is 5.64.